The number of aliphatic hydroxyl groups is 1. The third kappa shape index (κ3) is 3.17. The molecule has 1 aromatic rings. The highest BCUT2D eigenvalue weighted by molar-refractivity contribution is 6.29. The van der Waals surface area contributed by atoms with Gasteiger partial charge in [-0.05, 0) is 31.0 Å². The van der Waals surface area contributed by atoms with Crippen molar-refractivity contribution in [1.29, 1.82) is 0 Å². The first-order valence-corrected chi connectivity index (χ1v) is 4.41. The number of halogens is 1. The van der Waals surface area contributed by atoms with E-state index in [2.05, 4.69) is 11.6 Å². The molecule has 2 nitrogen and oxygen atoms in total. The SMILES string of the molecule is C=C(C)CC(O)c1ccnc(Cl)c1. The van der Waals surface area contributed by atoms with E-state index in [4.69, 9.17) is 11.6 Å². The monoisotopic (exact) mass is 197 g/mol. The summed E-state index contributed by atoms with van der Waals surface area (Å²) in [5.41, 5.74) is 1.73. The largest absolute Gasteiger partial charge is 0.388 e. The fraction of sp³-hybridized carbons (Fsp3) is 0.300. The molecule has 1 N–H and O–H groups in total. The van der Waals surface area contributed by atoms with Crippen LogP contribution >= 0.6 is 11.6 Å². The van der Waals surface area contributed by atoms with Crippen molar-refractivity contribution < 1.29 is 5.11 Å². The van der Waals surface area contributed by atoms with Gasteiger partial charge in [-0.15, -0.1) is 6.58 Å². The Bertz CT molecular complexity index is 312. The van der Waals surface area contributed by atoms with Gasteiger partial charge in [-0.1, -0.05) is 17.2 Å². The molecule has 0 bridgehead atoms. The average Bonchev–Trinajstić information content (AvgIpc) is 2.03. The van der Waals surface area contributed by atoms with E-state index in [1.54, 1.807) is 18.3 Å². The number of aromatic nitrogens is 1. The van der Waals surface area contributed by atoms with E-state index in [1.807, 2.05) is 6.92 Å². The molecule has 0 radical (unpaired) electrons. The van der Waals surface area contributed by atoms with Gasteiger partial charge in [-0.3, -0.25) is 0 Å². The normalized spacial score (nSPS) is 12.5. The highest BCUT2D eigenvalue weighted by Gasteiger charge is 2.07. The van der Waals surface area contributed by atoms with Crippen LogP contribution in [0.1, 0.15) is 25.0 Å². The molecular formula is C10H12ClNO. The summed E-state index contributed by atoms with van der Waals surface area (Å²) >= 11 is 5.68. The summed E-state index contributed by atoms with van der Waals surface area (Å²) in [5, 5.41) is 10.1. The number of hydrogen-bond acceptors (Lipinski definition) is 2. The second-order valence-corrected chi connectivity index (χ2v) is 3.48. The molecule has 0 aliphatic carbocycles. The van der Waals surface area contributed by atoms with E-state index < -0.39 is 6.10 Å². The van der Waals surface area contributed by atoms with Crippen molar-refractivity contribution in [2.75, 3.05) is 0 Å². The Morgan fingerprint density at radius 3 is 3.00 bits per heavy atom. The lowest BCUT2D eigenvalue weighted by Crippen LogP contribution is -1.97. The summed E-state index contributed by atoms with van der Waals surface area (Å²) in [6.45, 7) is 5.62. The van der Waals surface area contributed by atoms with Crippen LogP contribution in [-0.4, -0.2) is 10.1 Å². The molecule has 1 aromatic heterocycles. The predicted octanol–water partition coefficient (Wildman–Crippen LogP) is 2.73. The smallest absolute Gasteiger partial charge is 0.129 e. The van der Waals surface area contributed by atoms with Crippen LogP contribution in [0.5, 0.6) is 0 Å². The third-order valence-electron chi connectivity index (χ3n) is 1.68. The Morgan fingerprint density at radius 1 is 1.77 bits per heavy atom. The highest BCUT2D eigenvalue weighted by atomic mass is 35.5. The molecule has 1 heterocycles. The van der Waals surface area contributed by atoms with Crippen LogP contribution in [0.2, 0.25) is 5.15 Å². The molecule has 0 saturated carbocycles. The predicted molar refractivity (Wildman–Crippen MR) is 53.6 cm³/mol. The van der Waals surface area contributed by atoms with Crippen LogP contribution in [0, 0.1) is 0 Å². The van der Waals surface area contributed by atoms with Gasteiger partial charge in [-0.2, -0.15) is 0 Å². The molecule has 3 heteroatoms. The van der Waals surface area contributed by atoms with Crippen LogP contribution < -0.4 is 0 Å². The summed E-state index contributed by atoms with van der Waals surface area (Å²) in [4.78, 5) is 3.83. The van der Waals surface area contributed by atoms with Gasteiger partial charge in [-0.25, -0.2) is 4.98 Å². The van der Waals surface area contributed by atoms with Crippen molar-refractivity contribution in [1.82, 2.24) is 4.98 Å². The molecule has 13 heavy (non-hydrogen) atoms. The summed E-state index contributed by atoms with van der Waals surface area (Å²) in [6.07, 6.45) is 1.61. The number of aliphatic hydroxyl groups excluding tert-OH is 1. The van der Waals surface area contributed by atoms with Crippen LogP contribution in [0.15, 0.2) is 30.5 Å². The molecule has 0 aliphatic heterocycles. The van der Waals surface area contributed by atoms with E-state index in [9.17, 15) is 5.11 Å². The maximum atomic E-state index is 9.67. The highest BCUT2D eigenvalue weighted by Crippen LogP contribution is 2.21. The maximum absolute atomic E-state index is 9.67. The number of pyridine rings is 1. The topological polar surface area (TPSA) is 33.1 Å². The molecule has 0 amide bonds. The molecule has 0 aliphatic rings. The van der Waals surface area contributed by atoms with Crippen LogP contribution in [0.4, 0.5) is 0 Å². The fourth-order valence-electron chi connectivity index (χ4n) is 1.07. The van der Waals surface area contributed by atoms with Crippen LogP contribution in [0.25, 0.3) is 0 Å². The van der Waals surface area contributed by atoms with E-state index in [1.165, 1.54) is 0 Å². The molecule has 0 saturated heterocycles. The first-order chi connectivity index (χ1) is 6.09. The van der Waals surface area contributed by atoms with E-state index >= 15 is 0 Å². The lowest BCUT2D eigenvalue weighted by atomic mass is 10.0. The molecule has 0 aromatic carbocycles. The second kappa shape index (κ2) is 4.40. The molecule has 0 spiro atoms. The fourth-order valence-corrected chi connectivity index (χ4v) is 1.25. The standard InChI is InChI=1S/C10H12ClNO/c1-7(2)5-9(13)8-3-4-12-10(11)6-8/h3-4,6,9,13H,1,5H2,2H3. The minimum atomic E-state index is -0.530. The van der Waals surface area contributed by atoms with Gasteiger partial charge in [0.25, 0.3) is 0 Å². The summed E-state index contributed by atoms with van der Waals surface area (Å²) in [5.74, 6) is 0. The Hall–Kier alpha value is -0.860. The van der Waals surface area contributed by atoms with Gasteiger partial charge in [0.2, 0.25) is 0 Å². The van der Waals surface area contributed by atoms with Gasteiger partial charge >= 0.3 is 0 Å². The number of nitrogens with zero attached hydrogens (tertiary/aromatic N) is 1. The number of hydrogen-bond donors (Lipinski definition) is 1. The summed E-state index contributed by atoms with van der Waals surface area (Å²) < 4.78 is 0. The Labute approximate surface area is 82.9 Å². The maximum Gasteiger partial charge on any atom is 0.129 e. The molecule has 1 atom stereocenters. The van der Waals surface area contributed by atoms with E-state index in [0.29, 0.717) is 11.6 Å². The lowest BCUT2D eigenvalue weighted by molar-refractivity contribution is 0.178. The zero-order chi connectivity index (χ0) is 9.84. The molecule has 1 rings (SSSR count). The minimum Gasteiger partial charge on any atom is -0.388 e. The van der Waals surface area contributed by atoms with Crippen molar-refractivity contribution in [3.63, 3.8) is 0 Å². The van der Waals surface area contributed by atoms with Crippen molar-refractivity contribution in [2.45, 2.75) is 19.4 Å². The van der Waals surface area contributed by atoms with Gasteiger partial charge in [0.05, 0.1) is 6.10 Å². The lowest BCUT2D eigenvalue weighted by Gasteiger charge is -2.10. The zero-order valence-electron chi connectivity index (χ0n) is 7.50. The molecule has 0 fully saturated rings. The first kappa shape index (κ1) is 10.2. The van der Waals surface area contributed by atoms with Crippen LogP contribution in [0.3, 0.4) is 0 Å². The summed E-state index contributed by atoms with van der Waals surface area (Å²) in [7, 11) is 0. The molecule has 70 valence electrons. The quantitative estimate of drug-likeness (QED) is 0.597. The zero-order valence-corrected chi connectivity index (χ0v) is 8.25. The van der Waals surface area contributed by atoms with Gasteiger partial charge in [0, 0.05) is 6.20 Å². The first-order valence-electron chi connectivity index (χ1n) is 4.03. The Kier molecular flexibility index (Phi) is 3.46. The van der Waals surface area contributed by atoms with Gasteiger partial charge in [0.1, 0.15) is 5.15 Å². The minimum absolute atomic E-state index is 0.401. The second-order valence-electron chi connectivity index (χ2n) is 3.09. The van der Waals surface area contributed by atoms with Crippen molar-refractivity contribution in [3.05, 3.63) is 41.2 Å². The summed E-state index contributed by atoms with van der Waals surface area (Å²) in [6, 6.07) is 3.41. The Balaban J connectivity index is 2.76. The average molecular weight is 198 g/mol. The number of rotatable bonds is 3. The van der Waals surface area contributed by atoms with E-state index in [0.717, 1.165) is 11.1 Å². The molecule has 1 unspecified atom stereocenters. The van der Waals surface area contributed by atoms with Crippen LogP contribution in [-0.2, 0) is 0 Å². The van der Waals surface area contributed by atoms with Crippen molar-refractivity contribution >= 4 is 11.6 Å². The van der Waals surface area contributed by atoms with E-state index in [-0.39, 0.29) is 0 Å². The van der Waals surface area contributed by atoms with Gasteiger partial charge in [0.15, 0.2) is 0 Å². The van der Waals surface area contributed by atoms with Crippen molar-refractivity contribution in [2.24, 2.45) is 0 Å². The Morgan fingerprint density at radius 2 is 2.46 bits per heavy atom. The van der Waals surface area contributed by atoms with Gasteiger partial charge < -0.3 is 5.11 Å². The third-order valence-corrected chi connectivity index (χ3v) is 1.88. The van der Waals surface area contributed by atoms with Crippen molar-refractivity contribution in [3.8, 4) is 0 Å². The molecular weight excluding hydrogens is 186 g/mol.